The first kappa shape index (κ1) is 23.9. The molecule has 0 bridgehead atoms. The number of carbonyl (C=O) groups is 2. The van der Waals surface area contributed by atoms with Gasteiger partial charge in [0, 0.05) is 5.56 Å². The molecular weight excluding hydrogens is 372 g/mol. The molecule has 30 heavy (non-hydrogen) atoms. The summed E-state index contributed by atoms with van der Waals surface area (Å²) in [6, 6.07) is 11.3. The standard InChI is InChI=1S/C27H36O3/c1-7-9-13-22(8-2)17-30-27(29)25(23-14-11-10-12-15-23)26(28)24-19(4)16-18(3)20(5)21(24)6/h10-12,14-16,22,25H,7-9,13,17H2,1-6H3. The molecule has 3 nitrogen and oxygen atoms in total. The van der Waals surface area contributed by atoms with Crippen LogP contribution in [-0.2, 0) is 9.53 Å². The number of Topliss-reactive ketones (excluding diaryl/α,β-unsaturated/α-hetero) is 1. The van der Waals surface area contributed by atoms with Gasteiger partial charge in [-0.2, -0.15) is 0 Å². The maximum atomic E-state index is 13.7. The number of esters is 1. The highest BCUT2D eigenvalue weighted by Gasteiger charge is 2.33. The van der Waals surface area contributed by atoms with E-state index < -0.39 is 11.9 Å². The number of ether oxygens (including phenoxy) is 1. The highest BCUT2D eigenvalue weighted by molar-refractivity contribution is 6.14. The lowest BCUT2D eigenvalue weighted by Crippen LogP contribution is -2.27. The average molecular weight is 409 g/mol. The van der Waals surface area contributed by atoms with Crippen molar-refractivity contribution < 1.29 is 14.3 Å². The van der Waals surface area contributed by atoms with Crippen LogP contribution in [0.4, 0.5) is 0 Å². The zero-order valence-corrected chi connectivity index (χ0v) is 19.4. The van der Waals surface area contributed by atoms with E-state index in [4.69, 9.17) is 4.74 Å². The third kappa shape index (κ3) is 5.59. The normalized spacial score (nSPS) is 13.0. The van der Waals surface area contributed by atoms with Gasteiger partial charge in [0.15, 0.2) is 5.78 Å². The fraction of sp³-hybridized carbons (Fsp3) is 0.481. The summed E-state index contributed by atoms with van der Waals surface area (Å²) in [6.07, 6.45) is 4.26. The molecule has 2 aromatic rings. The second-order valence-corrected chi connectivity index (χ2v) is 8.39. The number of rotatable bonds is 10. The van der Waals surface area contributed by atoms with Crippen molar-refractivity contribution in [2.45, 2.75) is 73.1 Å². The number of unbranched alkanes of at least 4 members (excludes halogenated alkanes) is 1. The van der Waals surface area contributed by atoms with Crippen molar-refractivity contribution in [3.05, 3.63) is 69.8 Å². The monoisotopic (exact) mass is 408 g/mol. The van der Waals surface area contributed by atoms with E-state index in [0.717, 1.165) is 47.9 Å². The van der Waals surface area contributed by atoms with Gasteiger partial charge < -0.3 is 4.74 Å². The Labute approximate surface area is 181 Å². The summed E-state index contributed by atoms with van der Waals surface area (Å²) in [5, 5.41) is 0. The lowest BCUT2D eigenvalue weighted by molar-refractivity contribution is -0.145. The van der Waals surface area contributed by atoms with E-state index in [1.807, 2.05) is 64.1 Å². The maximum absolute atomic E-state index is 13.7. The Hall–Kier alpha value is -2.42. The minimum atomic E-state index is -0.936. The van der Waals surface area contributed by atoms with Crippen LogP contribution in [0.3, 0.4) is 0 Å². The maximum Gasteiger partial charge on any atom is 0.321 e. The van der Waals surface area contributed by atoms with E-state index in [9.17, 15) is 9.59 Å². The second-order valence-electron chi connectivity index (χ2n) is 8.39. The van der Waals surface area contributed by atoms with Crippen LogP contribution < -0.4 is 0 Å². The number of benzene rings is 2. The summed E-state index contributed by atoms with van der Waals surface area (Å²) in [7, 11) is 0. The zero-order chi connectivity index (χ0) is 22.3. The van der Waals surface area contributed by atoms with Gasteiger partial charge in [0.05, 0.1) is 6.61 Å². The zero-order valence-electron chi connectivity index (χ0n) is 19.4. The molecule has 0 heterocycles. The highest BCUT2D eigenvalue weighted by atomic mass is 16.5. The van der Waals surface area contributed by atoms with Crippen LogP contribution >= 0.6 is 0 Å². The van der Waals surface area contributed by atoms with Crippen molar-refractivity contribution in [2.75, 3.05) is 6.61 Å². The predicted molar refractivity (Wildman–Crippen MR) is 123 cm³/mol. The Bertz CT molecular complexity index is 867. The molecule has 0 amide bonds. The van der Waals surface area contributed by atoms with E-state index in [2.05, 4.69) is 13.8 Å². The van der Waals surface area contributed by atoms with E-state index >= 15 is 0 Å². The van der Waals surface area contributed by atoms with Crippen molar-refractivity contribution in [1.82, 2.24) is 0 Å². The Morgan fingerprint density at radius 3 is 2.20 bits per heavy atom. The summed E-state index contributed by atoms with van der Waals surface area (Å²) < 4.78 is 5.73. The lowest BCUT2D eigenvalue weighted by atomic mass is 9.84. The van der Waals surface area contributed by atoms with Crippen LogP contribution in [0.5, 0.6) is 0 Å². The minimum absolute atomic E-state index is 0.175. The smallest absolute Gasteiger partial charge is 0.321 e. The molecule has 3 heteroatoms. The fourth-order valence-corrected chi connectivity index (χ4v) is 4.03. The number of carbonyl (C=O) groups excluding carboxylic acids is 2. The third-order valence-corrected chi connectivity index (χ3v) is 6.24. The molecule has 0 fully saturated rings. The van der Waals surface area contributed by atoms with Gasteiger partial charge in [0.2, 0.25) is 0 Å². The number of hydrogen-bond acceptors (Lipinski definition) is 3. The molecule has 2 aromatic carbocycles. The average Bonchev–Trinajstić information content (AvgIpc) is 2.73. The highest BCUT2D eigenvalue weighted by Crippen LogP contribution is 2.29. The van der Waals surface area contributed by atoms with E-state index in [0.29, 0.717) is 23.7 Å². The molecular formula is C27H36O3. The first-order chi connectivity index (χ1) is 14.3. The molecule has 0 aromatic heterocycles. The van der Waals surface area contributed by atoms with Gasteiger partial charge in [0.25, 0.3) is 0 Å². The molecule has 0 saturated carbocycles. The first-order valence-electron chi connectivity index (χ1n) is 11.1. The Morgan fingerprint density at radius 2 is 1.60 bits per heavy atom. The van der Waals surface area contributed by atoms with Crippen LogP contribution in [0.15, 0.2) is 36.4 Å². The SMILES string of the molecule is CCCCC(CC)COC(=O)C(C(=O)c1c(C)cc(C)c(C)c1C)c1ccccc1. The van der Waals surface area contributed by atoms with Crippen LogP contribution in [0.1, 0.15) is 83.6 Å². The number of aryl methyl sites for hydroxylation is 2. The van der Waals surface area contributed by atoms with Crippen LogP contribution in [-0.4, -0.2) is 18.4 Å². The lowest BCUT2D eigenvalue weighted by Gasteiger charge is -2.21. The third-order valence-electron chi connectivity index (χ3n) is 6.24. The Morgan fingerprint density at radius 1 is 0.933 bits per heavy atom. The van der Waals surface area contributed by atoms with Gasteiger partial charge in [-0.3, -0.25) is 9.59 Å². The molecule has 0 aliphatic carbocycles. The molecule has 2 unspecified atom stereocenters. The van der Waals surface area contributed by atoms with Crippen molar-refractivity contribution in [2.24, 2.45) is 5.92 Å². The van der Waals surface area contributed by atoms with E-state index in [1.54, 1.807) is 0 Å². The predicted octanol–water partition coefficient (Wildman–Crippen LogP) is 6.65. The summed E-state index contributed by atoms with van der Waals surface area (Å²) in [5.41, 5.74) is 5.43. The molecule has 2 atom stereocenters. The summed E-state index contributed by atoms with van der Waals surface area (Å²) >= 11 is 0. The first-order valence-corrected chi connectivity index (χ1v) is 11.1. The van der Waals surface area contributed by atoms with Crippen LogP contribution in [0.2, 0.25) is 0 Å². The number of ketones is 1. The molecule has 0 N–H and O–H groups in total. The molecule has 0 radical (unpaired) electrons. The summed E-state index contributed by atoms with van der Waals surface area (Å²) in [5.74, 6) is -1.22. The second kappa shape index (κ2) is 11.1. The largest absolute Gasteiger partial charge is 0.465 e. The minimum Gasteiger partial charge on any atom is -0.465 e. The van der Waals surface area contributed by atoms with Crippen LogP contribution in [0, 0.1) is 33.6 Å². The molecule has 162 valence electrons. The van der Waals surface area contributed by atoms with Gasteiger partial charge in [0.1, 0.15) is 5.92 Å². The summed E-state index contributed by atoms with van der Waals surface area (Å²) in [6.45, 7) is 12.6. The van der Waals surface area contributed by atoms with Gasteiger partial charge in [-0.1, -0.05) is 69.5 Å². The topological polar surface area (TPSA) is 43.4 Å². The molecule has 0 aliphatic rings. The van der Waals surface area contributed by atoms with Gasteiger partial charge in [-0.05, 0) is 67.9 Å². The summed E-state index contributed by atoms with van der Waals surface area (Å²) in [4.78, 5) is 26.9. The number of hydrogen-bond donors (Lipinski definition) is 0. The van der Waals surface area contributed by atoms with Crippen molar-refractivity contribution in [3.63, 3.8) is 0 Å². The van der Waals surface area contributed by atoms with Crippen LogP contribution in [0.25, 0.3) is 0 Å². The van der Waals surface area contributed by atoms with Crippen molar-refractivity contribution >= 4 is 11.8 Å². The van der Waals surface area contributed by atoms with Gasteiger partial charge in [-0.25, -0.2) is 0 Å². The molecule has 2 rings (SSSR count). The molecule has 0 aliphatic heterocycles. The van der Waals surface area contributed by atoms with Gasteiger partial charge >= 0.3 is 5.97 Å². The van der Waals surface area contributed by atoms with E-state index in [-0.39, 0.29) is 5.78 Å². The Balaban J connectivity index is 2.37. The fourth-order valence-electron chi connectivity index (χ4n) is 4.03. The van der Waals surface area contributed by atoms with Gasteiger partial charge in [-0.15, -0.1) is 0 Å². The van der Waals surface area contributed by atoms with E-state index in [1.165, 1.54) is 0 Å². The molecule has 0 spiro atoms. The van der Waals surface area contributed by atoms with Crippen molar-refractivity contribution in [3.8, 4) is 0 Å². The molecule has 0 saturated heterocycles. The quantitative estimate of drug-likeness (QED) is 0.251. The van der Waals surface area contributed by atoms with Crippen molar-refractivity contribution in [1.29, 1.82) is 0 Å². The Kier molecular flexibility index (Phi) is 8.83.